The third-order valence-electron chi connectivity index (χ3n) is 24.9. The van der Waals surface area contributed by atoms with Gasteiger partial charge in [-0.3, -0.25) is 19.2 Å². The molecule has 3 amide bonds. The van der Waals surface area contributed by atoms with Crippen molar-refractivity contribution in [3.8, 4) is 11.3 Å². The number of aromatic amines is 1. The topological polar surface area (TPSA) is 431 Å². The van der Waals surface area contributed by atoms with Gasteiger partial charge in [0.15, 0.2) is 11.4 Å². The van der Waals surface area contributed by atoms with E-state index in [1.54, 1.807) is 41.1 Å². The summed E-state index contributed by atoms with van der Waals surface area (Å²) >= 11 is 0. The number of piperidine rings is 1. The molecule has 720 valence electrons. The Kier molecular flexibility index (Phi) is 43.7. The largest absolute Gasteiger partial charge is 0.459 e. The minimum Gasteiger partial charge on any atom is -0.459 e. The summed E-state index contributed by atoms with van der Waals surface area (Å²) in [5.74, 6) is -7.04. The van der Waals surface area contributed by atoms with E-state index in [2.05, 4.69) is 44.5 Å². The molecule has 1 aliphatic carbocycles. The second-order valence-electron chi connectivity index (χ2n) is 34.8. The predicted molar refractivity (Wildman–Crippen MR) is 486 cm³/mol. The number of methoxy groups -OCH3 is 2. The summed E-state index contributed by atoms with van der Waals surface area (Å²) in [5, 5.41) is 44.2. The second-order valence-corrected chi connectivity index (χ2v) is 34.8. The maximum absolute atomic E-state index is 14.7. The van der Waals surface area contributed by atoms with Crippen molar-refractivity contribution in [3.63, 3.8) is 0 Å². The molecule has 2 saturated heterocycles. The van der Waals surface area contributed by atoms with Crippen molar-refractivity contribution in [2.75, 3.05) is 172 Å². The molecule has 3 fully saturated rings. The van der Waals surface area contributed by atoms with Crippen LogP contribution in [0.2, 0.25) is 0 Å². The number of anilines is 1. The van der Waals surface area contributed by atoms with E-state index >= 15 is 0 Å². The van der Waals surface area contributed by atoms with E-state index in [0.29, 0.717) is 239 Å². The number of hydrogen-bond donors (Lipinski definition) is 7. The number of Topliss-reactive ketones (excluding diaryl/α,β-unsaturated/α-hetero) is 2. The van der Waals surface area contributed by atoms with Gasteiger partial charge in [0.05, 0.1) is 169 Å². The Balaban J connectivity index is 0.515. The number of carbonyl (C=O) groups excluding carboxylic acids is 6. The zero-order valence-electron chi connectivity index (χ0n) is 77.3. The number of benzene rings is 2. The summed E-state index contributed by atoms with van der Waals surface area (Å²) in [6, 6.07) is 12.7. The first-order valence-electron chi connectivity index (χ1n) is 46.4. The highest BCUT2D eigenvalue weighted by molar-refractivity contribution is 6.39. The molecule has 0 spiro atoms. The minimum atomic E-state index is -2.46. The van der Waals surface area contributed by atoms with Crippen LogP contribution in [0, 0.1) is 29.6 Å². The number of aromatic nitrogens is 5. The summed E-state index contributed by atoms with van der Waals surface area (Å²) < 4.78 is 88.4. The highest BCUT2D eigenvalue weighted by Crippen LogP contribution is 2.39. The molecule has 34 nitrogen and oxygen atoms in total. The monoisotopic (exact) mass is 1820 g/mol. The van der Waals surface area contributed by atoms with Gasteiger partial charge in [0, 0.05) is 87.4 Å². The fourth-order valence-corrected chi connectivity index (χ4v) is 17.4. The summed E-state index contributed by atoms with van der Waals surface area (Å²) in [7, 11) is 3.12. The number of esters is 1. The van der Waals surface area contributed by atoms with E-state index < -0.39 is 102 Å². The van der Waals surface area contributed by atoms with Gasteiger partial charge in [-0.05, 0) is 161 Å². The smallest absolute Gasteiger partial charge is 0.407 e. The molecule has 1 saturated carbocycles. The minimum absolute atomic E-state index is 0.0361. The molecule has 34 heteroatoms. The van der Waals surface area contributed by atoms with E-state index in [-0.39, 0.29) is 56.2 Å². The SMILES string of the molecule is CO[C@H]1C[C@@H]2CC[C@@H](C)[C@@](O)(O2)C(=O)C(=O)N2CCCC[C@H]2C(=O)O[C@H]([C@H](N)C[C@@H]2CC[C@@H](OC(=O)NCCOCCOCCOCCOCCOCCOCCOCCOCCOCCOCCC(=O)N3CCc4cc(Cn5nc(-c6ccc7[nH]ccc7c6)c6c(N)ncnc65)ccc4C3)[C@H](OC)C2)CC[C@H](C)/C=C(\C)[C@@H](O)[C@@H](O)C(=O)[C@H](C)C[C@H](C)/C=C/C=C/C=C/1C. The van der Waals surface area contributed by atoms with E-state index in [1.165, 1.54) is 16.8 Å². The van der Waals surface area contributed by atoms with Crippen LogP contribution in [0.5, 0.6) is 0 Å². The number of hydrogen-bond acceptors (Lipinski definition) is 29. The highest BCUT2D eigenvalue weighted by atomic mass is 16.6. The number of nitrogens with two attached hydrogens (primary N) is 2. The molecule has 4 aliphatic heterocycles. The van der Waals surface area contributed by atoms with Gasteiger partial charge in [-0.25, -0.2) is 24.2 Å². The number of rotatable bonds is 42. The van der Waals surface area contributed by atoms with Crippen LogP contribution in [-0.2, 0) is 115 Å². The van der Waals surface area contributed by atoms with Crippen LogP contribution in [0.25, 0.3) is 33.2 Å². The lowest BCUT2D eigenvalue weighted by Gasteiger charge is -2.42. The second kappa shape index (κ2) is 54.7. The van der Waals surface area contributed by atoms with Gasteiger partial charge in [0.2, 0.25) is 11.7 Å². The quantitative estimate of drug-likeness (QED) is 0.00829. The van der Waals surface area contributed by atoms with Gasteiger partial charge < -0.3 is 118 Å². The van der Waals surface area contributed by atoms with Gasteiger partial charge in [-0.15, -0.1) is 0 Å². The van der Waals surface area contributed by atoms with Gasteiger partial charge in [0.1, 0.15) is 48.3 Å². The molecule has 3 aromatic heterocycles. The van der Waals surface area contributed by atoms with Crippen LogP contribution in [0.3, 0.4) is 0 Å². The van der Waals surface area contributed by atoms with Crippen LogP contribution >= 0.6 is 0 Å². The van der Waals surface area contributed by atoms with Crippen molar-refractivity contribution in [2.24, 2.45) is 35.3 Å². The number of allylic oxidation sites excluding steroid dienone is 6. The van der Waals surface area contributed by atoms with E-state index in [9.17, 15) is 44.1 Å². The average Bonchev–Trinajstić information content (AvgIpc) is 1.72. The summed E-state index contributed by atoms with van der Waals surface area (Å²) in [6.45, 7) is 20.6. The number of nitrogen functional groups attached to an aromatic ring is 1. The number of aliphatic hydroxyl groups excluding tert-OH is 2. The number of fused-ring (bicyclic) bond motifs is 6. The molecular formula is C96H142N10O24. The van der Waals surface area contributed by atoms with Gasteiger partial charge in [-0.1, -0.05) is 88.4 Å². The third-order valence-corrected chi connectivity index (χ3v) is 24.9. The molecule has 2 aromatic carbocycles. The van der Waals surface area contributed by atoms with Crippen molar-refractivity contribution in [1.82, 2.24) is 39.8 Å². The fourth-order valence-electron chi connectivity index (χ4n) is 17.4. The maximum atomic E-state index is 14.7. The standard InChI is InChI=1S/C96H142N10O24/c1-64-14-10-9-11-15-66(3)82(116-7)60-76-23-18-69(6)96(115,130-76)90(111)93(112)105-32-13-12-16-79(105)94(113)128-80(25-17-65(2)55-68(5)88(109)89(110)87(108)67(4)54-64)77(97)57-70-20-26-81(83(58-70)117-8)129-95(114)100-31-35-119-37-39-121-41-43-123-45-47-125-49-51-127-53-52-126-50-48-124-46-44-122-42-40-120-38-36-118-34-29-84(107)104-33-28-72-56-71(19-21-75(72)62-104)61-106-92-85(91(98)101-63-102-92)86(103-106)74-22-24-78-73(59-74)27-30-99-78/h9-11,14-15,19,21-22,24,27,30,55-56,59,63-65,67,69-70,76-77,79-83,88-89,99,109-110,115H,12-13,16-18,20,23,25-26,28-29,31-54,57-58,60-62,97H2,1-8H3,(H,100,114)(H2,98,101,102)/b11-9+,14-10+,66-15+,68-55+/t64-,65+,67-,69-,70+,76+,77-,79+,80+,81-,82+,83-,88-,89+,96-/m1/s1. The molecule has 10 rings (SSSR count). The lowest BCUT2D eigenvalue weighted by Crippen LogP contribution is -2.61. The van der Waals surface area contributed by atoms with Crippen molar-refractivity contribution in [2.45, 2.75) is 212 Å². The molecule has 7 heterocycles. The van der Waals surface area contributed by atoms with E-state index in [4.69, 9.17) is 87.6 Å². The Morgan fingerprint density at radius 1 is 0.662 bits per heavy atom. The molecule has 0 radical (unpaired) electrons. The molecule has 0 unspecified atom stereocenters. The maximum Gasteiger partial charge on any atom is 0.407 e. The summed E-state index contributed by atoms with van der Waals surface area (Å²) in [5.41, 5.74) is 21.6. The van der Waals surface area contributed by atoms with Crippen LogP contribution in [0.1, 0.15) is 148 Å². The predicted octanol–water partition coefficient (Wildman–Crippen LogP) is 8.83. The summed E-state index contributed by atoms with van der Waals surface area (Å²) in [4.78, 5) is 98.5. The number of amides is 3. The van der Waals surface area contributed by atoms with Crippen molar-refractivity contribution < 1.29 is 115 Å². The molecule has 5 aromatic rings. The Labute approximate surface area is 763 Å². The summed E-state index contributed by atoms with van der Waals surface area (Å²) in [6.07, 6.45) is 14.4. The molecule has 9 N–H and O–H groups in total. The first-order chi connectivity index (χ1) is 62.9. The molecule has 130 heavy (non-hydrogen) atoms. The number of cyclic esters (lactones) is 1. The van der Waals surface area contributed by atoms with E-state index in [1.807, 2.05) is 85.1 Å². The Bertz CT molecular complexity index is 4460. The van der Waals surface area contributed by atoms with Crippen molar-refractivity contribution in [1.29, 1.82) is 0 Å². The van der Waals surface area contributed by atoms with Crippen LogP contribution in [0.4, 0.5) is 10.6 Å². The number of H-pyrrole nitrogens is 1. The van der Waals surface area contributed by atoms with Crippen molar-refractivity contribution >= 4 is 63.2 Å². The van der Waals surface area contributed by atoms with Gasteiger partial charge in [0.25, 0.3) is 11.7 Å². The van der Waals surface area contributed by atoms with Crippen LogP contribution in [0.15, 0.2) is 103 Å². The molecule has 15 atom stereocenters. The lowest BCUT2D eigenvalue weighted by atomic mass is 9.80. The highest BCUT2D eigenvalue weighted by Gasteiger charge is 2.53. The fraction of sp³-hybridized carbons (Fsp3) is 0.656. The number of aliphatic hydroxyl groups is 3. The van der Waals surface area contributed by atoms with Gasteiger partial charge >= 0.3 is 12.1 Å². The zero-order valence-corrected chi connectivity index (χ0v) is 77.3. The van der Waals surface area contributed by atoms with Crippen LogP contribution in [-0.4, -0.2) is 312 Å². The first kappa shape index (κ1) is 104. The number of alkyl carbamates (subject to hydrolysis) is 1. The Morgan fingerprint density at radius 2 is 1.32 bits per heavy atom. The number of ketones is 2. The average molecular weight is 1820 g/mol. The van der Waals surface area contributed by atoms with E-state index in [0.717, 1.165) is 50.7 Å². The third kappa shape index (κ3) is 31.9. The van der Waals surface area contributed by atoms with Crippen molar-refractivity contribution in [3.05, 3.63) is 119 Å². The normalized spacial score (nSPS) is 26.6. The number of ether oxygens (including phenoxy) is 15. The molecular weight excluding hydrogens is 1680 g/mol. The van der Waals surface area contributed by atoms with Crippen LogP contribution < -0.4 is 16.8 Å². The van der Waals surface area contributed by atoms with Gasteiger partial charge in [-0.2, -0.15) is 5.10 Å². The lowest BCUT2D eigenvalue weighted by molar-refractivity contribution is -0.265. The number of nitrogens with zero attached hydrogens (tertiary/aromatic N) is 6. The number of nitrogens with one attached hydrogen (secondary N) is 2. The Hall–Kier alpha value is -8.37. The Morgan fingerprint density at radius 3 is 1.97 bits per heavy atom. The first-order valence-corrected chi connectivity index (χ1v) is 46.4. The number of carbonyl (C=O) groups is 6. The molecule has 2 bridgehead atoms. The molecule has 5 aliphatic rings. The zero-order chi connectivity index (χ0) is 92.7.